The van der Waals surface area contributed by atoms with Crippen LogP contribution in [0.4, 0.5) is 0 Å². The summed E-state index contributed by atoms with van der Waals surface area (Å²) in [7, 11) is 1.23. The number of carbonyl (C=O) groups is 3. The Morgan fingerprint density at radius 1 is 1.62 bits per heavy atom. The van der Waals surface area contributed by atoms with Crippen molar-refractivity contribution < 1.29 is 19.1 Å². The van der Waals surface area contributed by atoms with E-state index in [1.807, 2.05) is 0 Å². The molecule has 1 heterocycles. The molecule has 6 nitrogen and oxygen atoms in total. The molecule has 0 unspecified atom stereocenters. The van der Waals surface area contributed by atoms with E-state index < -0.39 is 5.97 Å². The van der Waals surface area contributed by atoms with Crippen LogP contribution in [0.3, 0.4) is 0 Å². The second-order valence-electron chi connectivity index (χ2n) is 2.60. The Kier molecular flexibility index (Phi) is 2.84. The summed E-state index contributed by atoms with van der Waals surface area (Å²) in [6.07, 6.45) is 0. The van der Waals surface area contributed by atoms with Crippen molar-refractivity contribution in [2.75, 3.05) is 26.7 Å². The summed E-state index contributed by atoms with van der Waals surface area (Å²) >= 11 is 0. The number of rotatable bonds is 2. The summed E-state index contributed by atoms with van der Waals surface area (Å²) < 4.78 is 4.37. The van der Waals surface area contributed by atoms with E-state index in [0.29, 0.717) is 0 Å². The molecule has 0 spiro atoms. The van der Waals surface area contributed by atoms with Crippen LogP contribution in [0.15, 0.2) is 0 Å². The Morgan fingerprint density at radius 3 is 2.92 bits per heavy atom. The molecule has 0 radical (unpaired) electrons. The van der Waals surface area contributed by atoms with Gasteiger partial charge in [0.2, 0.25) is 11.8 Å². The van der Waals surface area contributed by atoms with Gasteiger partial charge in [-0.05, 0) is 0 Å². The smallest absolute Gasteiger partial charge is 0.325 e. The average molecular weight is 186 g/mol. The zero-order valence-electron chi connectivity index (χ0n) is 7.20. The summed E-state index contributed by atoms with van der Waals surface area (Å²) in [6.45, 7) is -0.285. The van der Waals surface area contributed by atoms with Crippen molar-refractivity contribution in [2.45, 2.75) is 0 Å². The number of amides is 2. The number of carbonyl (C=O) groups excluding carboxylic acids is 3. The van der Waals surface area contributed by atoms with E-state index in [0.717, 1.165) is 4.90 Å². The third kappa shape index (κ3) is 2.43. The quantitative estimate of drug-likeness (QED) is 0.512. The lowest BCUT2D eigenvalue weighted by Gasteiger charge is -2.25. The lowest BCUT2D eigenvalue weighted by molar-refractivity contribution is -0.149. The monoisotopic (exact) mass is 186 g/mol. The maximum absolute atomic E-state index is 11.1. The maximum Gasteiger partial charge on any atom is 0.325 e. The van der Waals surface area contributed by atoms with Crippen LogP contribution in [0.25, 0.3) is 0 Å². The zero-order valence-corrected chi connectivity index (χ0v) is 7.20. The first-order chi connectivity index (χ1) is 6.13. The van der Waals surface area contributed by atoms with Crippen LogP contribution in [-0.2, 0) is 19.1 Å². The number of hydrogen-bond acceptors (Lipinski definition) is 4. The van der Waals surface area contributed by atoms with Gasteiger partial charge in [0.1, 0.15) is 13.1 Å². The number of methoxy groups -OCH3 is 1. The van der Waals surface area contributed by atoms with Gasteiger partial charge >= 0.3 is 5.97 Å². The number of hydrogen-bond donors (Lipinski definition) is 1. The van der Waals surface area contributed by atoms with Crippen molar-refractivity contribution in [3.63, 3.8) is 0 Å². The predicted octanol–water partition coefficient (Wildman–Crippen LogP) is -1.88. The third-order valence-electron chi connectivity index (χ3n) is 1.67. The van der Waals surface area contributed by atoms with Gasteiger partial charge in [0.05, 0.1) is 13.7 Å². The van der Waals surface area contributed by atoms with Gasteiger partial charge < -0.3 is 15.0 Å². The Labute approximate surface area is 74.8 Å². The van der Waals surface area contributed by atoms with Crippen LogP contribution in [0.5, 0.6) is 0 Å². The van der Waals surface area contributed by atoms with Crippen molar-refractivity contribution in [3.8, 4) is 0 Å². The number of nitrogens with one attached hydrogen (secondary N) is 1. The fourth-order valence-corrected chi connectivity index (χ4v) is 0.968. The second kappa shape index (κ2) is 3.88. The van der Waals surface area contributed by atoms with Gasteiger partial charge in [-0.25, -0.2) is 0 Å². The fourth-order valence-electron chi connectivity index (χ4n) is 0.968. The van der Waals surface area contributed by atoms with Crippen molar-refractivity contribution in [3.05, 3.63) is 0 Å². The van der Waals surface area contributed by atoms with E-state index >= 15 is 0 Å². The highest BCUT2D eigenvalue weighted by Gasteiger charge is 2.24. The minimum absolute atomic E-state index is 0.0458. The van der Waals surface area contributed by atoms with Crippen LogP contribution in [-0.4, -0.2) is 49.4 Å². The number of piperazine rings is 1. The summed E-state index contributed by atoms with van der Waals surface area (Å²) in [5.41, 5.74) is 0. The number of esters is 1. The third-order valence-corrected chi connectivity index (χ3v) is 1.67. The van der Waals surface area contributed by atoms with Crippen molar-refractivity contribution in [1.29, 1.82) is 0 Å². The van der Waals surface area contributed by atoms with E-state index in [1.165, 1.54) is 7.11 Å². The Balaban J connectivity index is 2.51. The molecule has 0 atom stereocenters. The van der Waals surface area contributed by atoms with Crippen LogP contribution >= 0.6 is 0 Å². The molecule has 1 fully saturated rings. The van der Waals surface area contributed by atoms with E-state index in [-0.39, 0.29) is 31.4 Å². The van der Waals surface area contributed by atoms with Crippen molar-refractivity contribution in [2.24, 2.45) is 0 Å². The summed E-state index contributed by atoms with van der Waals surface area (Å²) in [5, 5.41) is 2.37. The molecule has 0 aromatic carbocycles. The molecular weight excluding hydrogens is 176 g/mol. The highest BCUT2D eigenvalue weighted by Crippen LogP contribution is 1.95. The zero-order chi connectivity index (χ0) is 9.84. The maximum atomic E-state index is 11.1. The van der Waals surface area contributed by atoms with Gasteiger partial charge in [-0.2, -0.15) is 0 Å². The lowest BCUT2D eigenvalue weighted by atomic mass is 10.3. The number of ether oxygens (including phenoxy) is 1. The molecule has 0 aliphatic carbocycles. The molecule has 6 heteroatoms. The van der Waals surface area contributed by atoms with E-state index in [1.54, 1.807) is 0 Å². The van der Waals surface area contributed by atoms with Gasteiger partial charge in [-0.1, -0.05) is 0 Å². The molecule has 0 aromatic rings. The Morgan fingerprint density at radius 2 is 2.31 bits per heavy atom. The largest absolute Gasteiger partial charge is 0.468 e. The molecular formula is C7H10N2O4. The molecule has 0 saturated carbocycles. The van der Waals surface area contributed by atoms with Crippen LogP contribution in [0.1, 0.15) is 0 Å². The fraction of sp³-hybridized carbons (Fsp3) is 0.571. The average Bonchev–Trinajstić information content (AvgIpc) is 2.11. The molecule has 1 N–H and O–H groups in total. The van der Waals surface area contributed by atoms with Gasteiger partial charge in [0, 0.05) is 0 Å². The molecule has 1 aliphatic heterocycles. The minimum Gasteiger partial charge on any atom is -0.468 e. The molecule has 0 bridgehead atoms. The van der Waals surface area contributed by atoms with Crippen LogP contribution in [0.2, 0.25) is 0 Å². The van der Waals surface area contributed by atoms with Crippen LogP contribution in [0, 0.1) is 0 Å². The van der Waals surface area contributed by atoms with Crippen molar-refractivity contribution >= 4 is 17.8 Å². The minimum atomic E-state index is -0.525. The second-order valence-corrected chi connectivity index (χ2v) is 2.60. The first-order valence-corrected chi connectivity index (χ1v) is 3.75. The van der Waals surface area contributed by atoms with Gasteiger partial charge in [-0.15, -0.1) is 0 Å². The molecule has 72 valence electrons. The van der Waals surface area contributed by atoms with E-state index in [4.69, 9.17) is 0 Å². The van der Waals surface area contributed by atoms with Crippen LogP contribution < -0.4 is 5.32 Å². The molecule has 1 aliphatic rings. The standard InChI is InChI=1S/C7H10N2O4/c1-13-7(12)4-9-3-5(10)8-2-6(9)11/h2-4H2,1H3,(H,8,10). The lowest BCUT2D eigenvalue weighted by Crippen LogP contribution is -2.53. The van der Waals surface area contributed by atoms with Gasteiger partial charge in [0.15, 0.2) is 0 Å². The molecule has 1 saturated heterocycles. The molecule has 1 rings (SSSR count). The molecule has 13 heavy (non-hydrogen) atoms. The van der Waals surface area contributed by atoms with E-state index in [2.05, 4.69) is 10.1 Å². The number of nitrogens with zero attached hydrogens (tertiary/aromatic N) is 1. The highest BCUT2D eigenvalue weighted by atomic mass is 16.5. The summed E-state index contributed by atoms with van der Waals surface area (Å²) in [5.74, 6) is -1.06. The highest BCUT2D eigenvalue weighted by molar-refractivity contribution is 5.94. The van der Waals surface area contributed by atoms with E-state index in [9.17, 15) is 14.4 Å². The summed E-state index contributed by atoms with van der Waals surface area (Å²) in [6, 6.07) is 0. The molecule has 0 aromatic heterocycles. The molecule has 2 amide bonds. The first kappa shape index (κ1) is 9.50. The Bertz CT molecular complexity index is 251. The van der Waals surface area contributed by atoms with Gasteiger partial charge in [0.25, 0.3) is 0 Å². The Hall–Kier alpha value is -1.59. The van der Waals surface area contributed by atoms with Gasteiger partial charge in [-0.3, -0.25) is 14.4 Å². The SMILES string of the molecule is COC(=O)CN1CC(=O)NCC1=O. The predicted molar refractivity (Wildman–Crippen MR) is 41.6 cm³/mol. The first-order valence-electron chi connectivity index (χ1n) is 3.75. The topological polar surface area (TPSA) is 75.7 Å². The van der Waals surface area contributed by atoms with Crippen molar-refractivity contribution in [1.82, 2.24) is 10.2 Å². The summed E-state index contributed by atoms with van der Waals surface area (Å²) in [4.78, 5) is 33.9. The normalized spacial score (nSPS) is 16.8.